The molecule has 2 aliphatic heterocycles. The third kappa shape index (κ3) is 4.64. The highest BCUT2D eigenvalue weighted by molar-refractivity contribution is 7.99. The van der Waals surface area contributed by atoms with E-state index in [1.54, 1.807) is 26.4 Å². The molecule has 6 nitrogen and oxygen atoms in total. The summed E-state index contributed by atoms with van der Waals surface area (Å²) in [4.78, 5) is 17.7. The number of morpholine rings is 1. The van der Waals surface area contributed by atoms with E-state index in [4.69, 9.17) is 14.2 Å². The molecule has 144 valence electrons. The number of methoxy groups -OCH3 is 2. The van der Waals surface area contributed by atoms with Crippen molar-refractivity contribution in [3.63, 3.8) is 0 Å². The fraction of sp³-hybridized carbons (Fsp3) is 0.632. The van der Waals surface area contributed by atoms with Gasteiger partial charge in [-0.05, 0) is 30.4 Å². The maximum Gasteiger partial charge on any atom is 0.254 e. The first-order valence-corrected chi connectivity index (χ1v) is 10.3. The summed E-state index contributed by atoms with van der Waals surface area (Å²) in [6.07, 6.45) is 1.03. The van der Waals surface area contributed by atoms with Crippen molar-refractivity contribution in [2.75, 3.05) is 65.1 Å². The average molecular weight is 381 g/mol. The van der Waals surface area contributed by atoms with Gasteiger partial charge in [0.1, 0.15) is 0 Å². The number of thioether (sulfide) groups is 1. The molecule has 0 aromatic heterocycles. The van der Waals surface area contributed by atoms with E-state index in [0.717, 1.165) is 57.3 Å². The topological polar surface area (TPSA) is 51.2 Å². The molecular weight excluding hydrogens is 352 g/mol. The van der Waals surface area contributed by atoms with E-state index in [1.165, 1.54) is 0 Å². The Morgan fingerprint density at radius 3 is 2.69 bits per heavy atom. The lowest BCUT2D eigenvalue weighted by Gasteiger charge is -2.35. The Hall–Kier alpha value is -1.44. The highest BCUT2D eigenvalue weighted by atomic mass is 32.2. The fourth-order valence-electron chi connectivity index (χ4n) is 3.46. The largest absolute Gasteiger partial charge is 0.493 e. The zero-order valence-electron chi connectivity index (χ0n) is 15.6. The second kappa shape index (κ2) is 9.48. The Labute approximate surface area is 159 Å². The molecule has 1 atom stereocenters. The van der Waals surface area contributed by atoms with Crippen LogP contribution in [0.3, 0.4) is 0 Å². The maximum atomic E-state index is 13.2. The van der Waals surface area contributed by atoms with Crippen molar-refractivity contribution in [3.05, 3.63) is 23.8 Å². The zero-order chi connectivity index (χ0) is 18.4. The van der Waals surface area contributed by atoms with Crippen LogP contribution >= 0.6 is 11.8 Å². The van der Waals surface area contributed by atoms with Gasteiger partial charge in [0.05, 0.1) is 33.5 Å². The predicted octanol–water partition coefficient (Wildman–Crippen LogP) is 1.98. The summed E-state index contributed by atoms with van der Waals surface area (Å²) >= 11 is 1.95. The smallest absolute Gasteiger partial charge is 0.254 e. The van der Waals surface area contributed by atoms with Gasteiger partial charge in [0.25, 0.3) is 5.91 Å². The molecule has 0 bridgehead atoms. The molecule has 2 aliphatic rings. The van der Waals surface area contributed by atoms with Crippen LogP contribution in [-0.2, 0) is 4.74 Å². The quantitative estimate of drug-likeness (QED) is 0.779. The highest BCUT2D eigenvalue weighted by Crippen LogP contribution is 2.29. The summed E-state index contributed by atoms with van der Waals surface area (Å²) < 4.78 is 16.1. The Morgan fingerprint density at radius 1 is 1.19 bits per heavy atom. The summed E-state index contributed by atoms with van der Waals surface area (Å²) in [6.45, 7) is 5.16. The molecule has 26 heavy (non-hydrogen) atoms. The van der Waals surface area contributed by atoms with Crippen LogP contribution in [0, 0.1) is 0 Å². The summed E-state index contributed by atoms with van der Waals surface area (Å²) in [7, 11) is 3.19. The minimum atomic E-state index is 0.0757. The van der Waals surface area contributed by atoms with Gasteiger partial charge in [-0.2, -0.15) is 11.8 Å². The van der Waals surface area contributed by atoms with Crippen LogP contribution in [-0.4, -0.2) is 86.9 Å². The van der Waals surface area contributed by atoms with E-state index in [9.17, 15) is 4.79 Å². The maximum absolute atomic E-state index is 13.2. The molecule has 0 unspecified atom stereocenters. The number of carbonyl (C=O) groups is 1. The molecule has 0 saturated carbocycles. The van der Waals surface area contributed by atoms with Gasteiger partial charge in [-0.15, -0.1) is 0 Å². The van der Waals surface area contributed by atoms with Crippen molar-refractivity contribution in [1.82, 2.24) is 9.80 Å². The fourth-order valence-corrected chi connectivity index (χ4v) is 4.52. The number of nitrogens with zero attached hydrogens (tertiary/aromatic N) is 2. The molecule has 2 saturated heterocycles. The van der Waals surface area contributed by atoms with Gasteiger partial charge in [0.2, 0.25) is 0 Å². The monoisotopic (exact) mass is 380 g/mol. The Kier molecular flexibility index (Phi) is 7.05. The van der Waals surface area contributed by atoms with E-state index in [1.807, 2.05) is 17.8 Å². The standard InChI is InChI=1S/C19H28N2O4S/c1-23-17-5-4-15(12-18(17)24-2)19(22)21-6-3-11-26-14-16(21)13-20-7-9-25-10-8-20/h4-5,12,16H,3,6-11,13-14H2,1-2H3/t16-/m1/s1. The van der Waals surface area contributed by atoms with Crippen LogP contribution in [0.2, 0.25) is 0 Å². The number of carbonyl (C=O) groups excluding carboxylic acids is 1. The van der Waals surface area contributed by atoms with Gasteiger partial charge in [-0.25, -0.2) is 0 Å². The van der Waals surface area contributed by atoms with Crippen molar-refractivity contribution in [1.29, 1.82) is 0 Å². The van der Waals surface area contributed by atoms with Crippen molar-refractivity contribution in [2.45, 2.75) is 12.5 Å². The van der Waals surface area contributed by atoms with Gasteiger partial charge in [0, 0.05) is 37.5 Å². The zero-order valence-corrected chi connectivity index (χ0v) is 16.4. The Morgan fingerprint density at radius 2 is 1.96 bits per heavy atom. The molecule has 0 radical (unpaired) electrons. The normalized spacial score (nSPS) is 21.9. The van der Waals surface area contributed by atoms with Gasteiger partial charge < -0.3 is 19.1 Å². The minimum absolute atomic E-state index is 0.0757. The Balaban J connectivity index is 1.77. The molecule has 0 N–H and O–H groups in total. The molecule has 1 aromatic carbocycles. The van der Waals surface area contributed by atoms with Crippen LogP contribution in [0.4, 0.5) is 0 Å². The van der Waals surface area contributed by atoms with Crippen molar-refractivity contribution in [3.8, 4) is 11.5 Å². The SMILES string of the molecule is COc1ccc(C(=O)N2CCCSC[C@H]2CN2CCOCC2)cc1OC. The third-order valence-electron chi connectivity index (χ3n) is 4.90. The molecule has 1 amide bonds. The predicted molar refractivity (Wildman–Crippen MR) is 104 cm³/mol. The highest BCUT2D eigenvalue weighted by Gasteiger charge is 2.29. The van der Waals surface area contributed by atoms with Crippen LogP contribution in [0.1, 0.15) is 16.8 Å². The number of ether oxygens (including phenoxy) is 3. The van der Waals surface area contributed by atoms with Crippen molar-refractivity contribution < 1.29 is 19.0 Å². The van der Waals surface area contributed by atoms with Gasteiger partial charge >= 0.3 is 0 Å². The lowest BCUT2D eigenvalue weighted by atomic mass is 10.1. The molecule has 7 heteroatoms. The van der Waals surface area contributed by atoms with Crippen molar-refractivity contribution >= 4 is 17.7 Å². The third-order valence-corrected chi connectivity index (χ3v) is 6.10. The van der Waals surface area contributed by atoms with Gasteiger partial charge in [-0.1, -0.05) is 0 Å². The lowest BCUT2D eigenvalue weighted by molar-refractivity contribution is 0.0245. The minimum Gasteiger partial charge on any atom is -0.493 e. The lowest BCUT2D eigenvalue weighted by Crippen LogP contribution is -2.50. The molecule has 3 rings (SSSR count). The molecule has 0 aliphatic carbocycles. The summed E-state index contributed by atoms with van der Waals surface area (Å²) in [5, 5.41) is 0. The number of benzene rings is 1. The molecular formula is C19H28N2O4S. The second-order valence-corrected chi connectivity index (χ2v) is 7.71. The number of rotatable bonds is 5. The first-order chi connectivity index (χ1) is 12.7. The van der Waals surface area contributed by atoms with Crippen molar-refractivity contribution in [2.24, 2.45) is 0 Å². The number of hydrogen-bond acceptors (Lipinski definition) is 6. The van der Waals surface area contributed by atoms with Crippen LogP contribution in [0.15, 0.2) is 18.2 Å². The average Bonchev–Trinajstić information content (AvgIpc) is 2.93. The first-order valence-electron chi connectivity index (χ1n) is 9.13. The second-order valence-electron chi connectivity index (χ2n) is 6.56. The van der Waals surface area contributed by atoms with E-state index in [-0.39, 0.29) is 11.9 Å². The molecule has 1 aromatic rings. The van der Waals surface area contributed by atoms with Crippen LogP contribution < -0.4 is 9.47 Å². The Bertz CT molecular complexity index is 607. The van der Waals surface area contributed by atoms with Crippen LogP contribution in [0.25, 0.3) is 0 Å². The number of amides is 1. The summed E-state index contributed by atoms with van der Waals surface area (Å²) in [6, 6.07) is 5.63. The summed E-state index contributed by atoms with van der Waals surface area (Å²) in [5.74, 6) is 3.39. The van der Waals surface area contributed by atoms with E-state index in [0.29, 0.717) is 17.1 Å². The first kappa shape index (κ1) is 19.3. The van der Waals surface area contributed by atoms with E-state index < -0.39 is 0 Å². The molecule has 2 fully saturated rings. The van der Waals surface area contributed by atoms with Gasteiger partial charge in [-0.3, -0.25) is 9.69 Å². The van der Waals surface area contributed by atoms with Gasteiger partial charge in [0.15, 0.2) is 11.5 Å². The van der Waals surface area contributed by atoms with Crippen LogP contribution in [0.5, 0.6) is 11.5 Å². The molecule has 0 spiro atoms. The summed E-state index contributed by atoms with van der Waals surface area (Å²) in [5.41, 5.74) is 0.654. The molecule has 2 heterocycles. The number of hydrogen-bond donors (Lipinski definition) is 0. The van der Waals surface area contributed by atoms with E-state index >= 15 is 0 Å². The van der Waals surface area contributed by atoms with E-state index in [2.05, 4.69) is 9.80 Å².